The molecule has 0 spiro atoms. The minimum Gasteiger partial charge on any atom is -0.377 e. The van der Waals surface area contributed by atoms with Crippen LogP contribution in [0.5, 0.6) is 0 Å². The zero-order valence-corrected chi connectivity index (χ0v) is 17.9. The zero-order chi connectivity index (χ0) is 21.7. The second kappa shape index (κ2) is 20.0. The molecule has 0 heterocycles. The molecule has 0 fully saturated rings. The summed E-state index contributed by atoms with van der Waals surface area (Å²) in [4.78, 5) is 22.6. The SMILES string of the molecule is CCOCC(=O)NCCOCCOCCOCCOCC(F)CNC(=O)C(C)C. The van der Waals surface area contributed by atoms with Crippen molar-refractivity contribution < 1.29 is 37.7 Å². The van der Waals surface area contributed by atoms with Gasteiger partial charge in [0.15, 0.2) is 0 Å². The molecule has 172 valence electrons. The van der Waals surface area contributed by atoms with Crippen LogP contribution < -0.4 is 10.6 Å². The topological polar surface area (TPSA) is 104 Å². The summed E-state index contributed by atoms with van der Waals surface area (Å²) >= 11 is 0. The highest BCUT2D eigenvalue weighted by molar-refractivity contribution is 5.77. The molecule has 0 aromatic carbocycles. The van der Waals surface area contributed by atoms with Gasteiger partial charge < -0.3 is 34.3 Å². The Balaban J connectivity index is 3.24. The molecule has 9 nitrogen and oxygen atoms in total. The van der Waals surface area contributed by atoms with Crippen LogP contribution in [0.15, 0.2) is 0 Å². The molecular formula is C19H37FN2O7. The van der Waals surface area contributed by atoms with E-state index in [1.807, 2.05) is 6.92 Å². The maximum Gasteiger partial charge on any atom is 0.246 e. The van der Waals surface area contributed by atoms with E-state index in [2.05, 4.69) is 10.6 Å². The standard InChI is InChI=1S/C19H37FN2O7/c1-4-25-15-18(23)21-5-6-26-7-8-27-9-10-28-11-12-29-14-17(20)13-22-19(24)16(2)3/h16-17H,4-15H2,1-3H3,(H,21,23)(H,22,24). The Morgan fingerprint density at radius 1 is 0.828 bits per heavy atom. The number of rotatable bonds is 20. The lowest BCUT2D eigenvalue weighted by molar-refractivity contribution is -0.126. The molecule has 0 aliphatic heterocycles. The Morgan fingerprint density at radius 3 is 1.93 bits per heavy atom. The van der Waals surface area contributed by atoms with Crippen LogP contribution in [0.4, 0.5) is 4.39 Å². The van der Waals surface area contributed by atoms with Gasteiger partial charge in [0.25, 0.3) is 0 Å². The number of halogens is 1. The van der Waals surface area contributed by atoms with Crippen molar-refractivity contribution in [1.82, 2.24) is 10.6 Å². The molecule has 0 saturated carbocycles. The fourth-order valence-electron chi connectivity index (χ4n) is 1.85. The second-order valence-corrected chi connectivity index (χ2v) is 6.40. The lowest BCUT2D eigenvalue weighted by atomic mass is 10.2. The molecular weight excluding hydrogens is 387 g/mol. The van der Waals surface area contributed by atoms with E-state index >= 15 is 0 Å². The third kappa shape index (κ3) is 19.7. The largest absolute Gasteiger partial charge is 0.377 e. The minimum absolute atomic E-state index is 0.0482. The minimum atomic E-state index is -1.24. The number of amides is 2. The van der Waals surface area contributed by atoms with Crippen molar-refractivity contribution in [2.75, 3.05) is 79.2 Å². The van der Waals surface area contributed by atoms with Crippen molar-refractivity contribution in [3.63, 3.8) is 0 Å². The van der Waals surface area contributed by atoms with Crippen molar-refractivity contribution in [3.05, 3.63) is 0 Å². The molecule has 0 radical (unpaired) electrons. The number of ether oxygens (including phenoxy) is 5. The summed E-state index contributed by atoms with van der Waals surface area (Å²) in [5.74, 6) is -0.498. The van der Waals surface area contributed by atoms with Gasteiger partial charge in [-0.1, -0.05) is 13.8 Å². The molecule has 1 unspecified atom stereocenters. The first-order chi connectivity index (χ1) is 14.0. The Kier molecular flexibility index (Phi) is 19.0. The van der Waals surface area contributed by atoms with E-state index in [1.165, 1.54) is 0 Å². The fraction of sp³-hybridized carbons (Fsp3) is 0.895. The van der Waals surface area contributed by atoms with Gasteiger partial charge in [-0.3, -0.25) is 9.59 Å². The van der Waals surface area contributed by atoms with E-state index in [1.54, 1.807) is 13.8 Å². The average molecular weight is 425 g/mol. The van der Waals surface area contributed by atoms with Crippen LogP contribution in [0.1, 0.15) is 20.8 Å². The van der Waals surface area contributed by atoms with E-state index in [9.17, 15) is 14.0 Å². The smallest absolute Gasteiger partial charge is 0.246 e. The molecule has 29 heavy (non-hydrogen) atoms. The Bertz CT molecular complexity index is 414. The van der Waals surface area contributed by atoms with Crippen LogP contribution in [0.2, 0.25) is 0 Å². The number of nitrogens with one attached hydrogen (secondary N) is 2. The number of carbonyl (C=O) groups is 2. The molecule has 0 aromatic rings. The summed E-state index contributed by atoms with van der Waals surface area (Å²) in [5.41, 5.74) is 0. The highest BCUT2D eigenvalue weighted by Crippen LogP contribution is 1.94. The van der Waals surface area contributed by atoms with E-state index in [4.69, 9.17) is 23.7 Å². The monoisotopic (exact) mass is 424 g/mol. The molecule has 10 heteroatoms. The maximum atomic E-state index is 13.5. The first-order valence-electron chi connectivity index (χ1n) is 10.0. The lowest BCUT2D eigenvalue weighted by Crippen LogP contribution is -2.35. The van der Waals surface area contributed by atoms with Crippen LogP contribution in [0, 0.1) is 5.92 Å². The van der Waals surface area contributed by atoms with Crippen LogP contribution in [0.3, 0.4) is 0 Å². The van der Waals surface area contributed by atoms with Gasteiger partial charge in [0.1, 0.15) is 12.8 Å². The van der Waals surface area contributed by atoms with E-state index in [0.29, 0.717) is 52.8 Å². The highest BCUT2D eigenvalue weighted by atomic mass is 19.1. The van der Waals surface area contributed by atoms with Gasteiger partial charge >= 0.3 is 0 Å². The predicted molar refractivity (Wildman–Crippen MR) is 106 cm³/mol. The fourth-order valence-corrected chi connectivity index (χ4v) is 1.85. The van der Waals surface area contributed by atoms with Gasteiger partial charge in [-0.15, -0.1) is 0 Å². The molecule has 0 saturated heterocycles. The van der Waals surface area contributed by atoms with Gasteiger partial charge in [0.05, 0.1) is 59.4 Å². The molecule has 0 aliphatic rings. The summed E-state index contributed by atoms with van der Waals surface area (Å²) in [6.07, 6.45) is -1.24. The van der Waals surface area contributed by atoms with E-state index in [0.717, 1.165) is 0 Å². The first kappa shape index (κ1) is 27.7. The maximum absolute atomic E-state index is 13.5. The number of carbonyl (C=O) groups excluding carboxylic acids is 2. The third-order valence-electron chi connectivity index (χ3n) is 3.44. The first-order valence-corrected chi connectivity index (χ1v) is 10.0. The quantitative estimate of drug-likeness (QED) is 0.271. The predicted octanol–water partition coefficient (Wildman–Crippen LogP) is 0.316. The van der Waals surface area contributed by atoms with Crippen molar-refractivity contribution >= 4 is 11.8 Å². The van der Waals surface area contributed by atoms with Gasteiger partial charge in [0, 0.05) is 19.1 Å². The number of alkyl halides is 1. The Morgan fingerprint density at radius 2 is 1.38 bits per heavy atom. The van der Waals surface area contributed by atoms with Crippen molar-refractivity contribution in [3.8, 4) is 0 Å². The summed E-state index contributed by atoms with van der Waals surface area (Å²) in [6, 6.07) is 0. The van der Waals surface area contributed by atoms with Gasteiger partial charge in [-0.25, -0.2) is 4.39 Å². The van der Waals surface area contributed by atoms with Crippen molar-refractivity contribution in [1.29, 1.82) is 0 Å². The van der Waals surface area contributed by atoms with Crippen LogP contribution in [0.25, 0.3) is 0 Å². The third-order valence-corrected chi connectivity index (χ3v) is 3.44. The molecule has 2 N–H and O–H groups in total. The number of hydrogen-bond acceptors (Lipinski definition) is 7. The van der Waals surface area contributed by atoms with Gasteiger partial charge in [-0.2, -0.15) is 0 Å². The summed E-state index contributed by atoms with van der Waals surface area (Å²) in [5, 5.41) is 5.19. The van der Waals surface area contributed by atoms with Gasteiger partial charge in [-0.05, 0) is 6.92 Å². The molecule has 0 aromatic heterocycles. The summed E-state index contributed by atoms with van der Waals surface area (Å²) < 4.78 is 39.6. The molecule has 0 rings (SSSR count). The van der Waals surface area contributed by atoms with Crippen LogP contribution in [-0.4, -0.2) is 97.1 Å². The normalized spacial score (nSPS) is 12.2. The van der Waals surface area contributed by atoms with Crippen LogP contribution in [-0.2, 0) is 33.3 Å². The Hall–Kier alpha value is -1.33. The highest BCUT2D eigenvalue weighted by Gasteiger charge is 2.11. The van der Waals surface area contributed by atoms with Gasteiger partial charge in [0.2, 0.25) is 11.8 Å². The van der Waals surface area contributed by atoms with E-state index < -0.39 is 6.17 Å². The Labute approximate surface area is 172 Å². The van der Waals surface area contributed by atoms with Crippen LogP contribution >= 0.6 is 0 Å². The van der Waals surface area contributed by atoms with Crippen molar-refractivity contribution in [2.24, 2.45) is 5.92 Å². The van der Waals surface area contributed by atoms with E-state index in [-0.39, 0.29) is 44.1 Å². The molecule has 1 atom stereocenters. The average Bonchev–Trinajstić information content (AvgIpc) is 2.70. The second-order valence-electron chi connectivity index (χ2n) is 6.40. The zero-order valence-electron chi connectivity index (χ0n) is 17.9. The molecule has 2 amide bonds. The lowest BCUT2D eigenvalue weighted by Gasteiger charge is -2.12. The summed E-state index contributed by atoms with van der Waals surface area (Å²) in [6.45, 7) is 8.90. The number of hydrogen-bond donors (Lipinski definition) is 2. The van der Waals surface area contributed by atoms with Crippen molar-refractivity contribution in [2.45, 2.75) is 26.9 Å². The molecule has 0 bridgehead atoms. The molecule has 0 aliphatic carbocycles. The summed E-state index contributed by atoms with van der Waals surface area (Å²) in [7, 11) is 0.